The Labute approximate surface area is 181 Å². The summed E-state index contributed by atoms with van der Waals surface area (Å²) in [5.41, 5.74) is 3.85. The van der Waals surface area contributed by atoms with Crippen molar-refractivity contribution in [3.8, 4) is 0 Å². The van der Waals surface area contributed by atoms with E-state index in [-0.39, 0.29) is 25.2 Å². The number of amides is 4. The van der Waals surface area contributed by atoms with Crippen LogP contribution in [-0.4, -0.2) is 25.2 Å². The number of aryl methyl sites for hydroxylation is 2. The lowest BCUT2D eigenvalue weighted by Crippen LogP contribution is -2.42. The van der Waals surface area contributed by atoms with E-state index < -0.39 is 5.82 Å². The predicted molar refractivity (Wildman–Crippen MR) is 122 cm³/mol. The molecule has 0 aliphatic heterocycles. The van der Waals surface area contributed by atoms with Crippen LogP contribution < -0.4 is 20.9 Å². The van der Waals surface area contributed by atoms with Gasteiger partial charge in [-0.15, -0.1) is 0 Å². The summed E-state index contributed by atoms with van der Waals surface area (Å²) < 4.78 is 13.4. The normalized spacial score (nSPS) is 10.3. The third kappa shape index (κ3) is 6.30. The maximum atomic E-state index is 13.4. The van der Waals surface area contributed by atoms with Crippen LogP contribution in [0.5, 0.6) is 0 Å². The molecule has 0 spiro atoms. The summed E-state index contributed by atoms with van der Waals surface area (Å²) in [7, 11) is 0. The van der Waals surface area contributed by atoms with Crippen LogP contribution in [0.4, 0.5) is 31.0 Å². The number of carbonyl (C=O) groups excluding carboxylic acids is 2. The summed E-state index contributed by atoms with van der Waals surface area (Å²) >= 11 is 0. The molecule has 0 aliphatic rings. The first-order chi connectivity index (χ1) is 14.9. The van der Waals surface area contributed by atoms with Gasteiger partial charge in [-0.3, -0.25) is 4.90 Å². The Hall–Kier alpha value is -3.87. The Balaban J connectivity index is 1.65. The number of carbonyl (C=O) groups is 2. The minimum atomic E-state index is -0.390. The number of nitrogens with one attached hydrogen (secondary N) is 3. The predicted octanol–water partition coefficient (Wildman–Crippen LogP) is 5.30. The van der Waals surface area contributed by atoms with E-state index in [2.05, 4.69) is 16.0 Å². The van der Waals surface area contributed by atoms with Gasteiger partial charge in [-0.05, 0) is 67.4 Å². The summed E-state index contributed by atoms with van der Waals surface area (Å²) in [4.78, 5) is 26.6. The molecule has 0 bridgehead atoms. The van der Waals surface area contributed by atoms with Crippen molar-refractivity contribution in [3.63, 3.8) is 0 Å². The zero-order valence-corrected chi connectivity index (χ0v) is 17.5. The van der Waals surface area contributed by atoms with Crippen LogP contribution in [0, 0.1) is 19.7 Å². The van der Waals surface area contributed by atoms with Gasteiger partial charge in [0.25, 0.3) is 0 Å². The average molecular weight is 420 g/mol. The van der Waals surface area contributed by atoms with E-state index in [1.807, 2.05) is 56.3 Å². The van der Waals surface area contributed by atoms with E-state index in [0.29, 0.717) is 17.1 Å². The molecule has 4 amide bonds. The van der Waals surface area contributed by atoms with E-state index in [1.165, 1.54) is 29.2 Å². The van der Waals surface area contributed by atoms with Gasteiger partial charge in [-0.25, -0.2) is 14.0 Å². The van der Waals surface area contributed by atoms with Crippen LogP contribution >= 0.6 is 0 Å². The number of hydrogen-bond donors (Lipinski definition) is 3. The fourth-order valence-electron chi connectivity index (χ4n) is 3.04. The lowest BCUT2D eigenvalue weighted by Gasteiger charge is -2.24. The Bertz CT molecular complexity index is 1050. The van der Waals surface area contributed by atoms with Crippen LogP contribution in [-0.2, 0) is 0 Å². The molecule has 0 aliphatic carbocycles. The molecule has 0 fully saturated rings. The first-order valence-corrected chi connectivity index (χ1v) is 9.93. The lowest BCUT2D eigenvalue weighted by atomic mass is 10.2. The number of urea groups is 2. The first kappa shape index (κ1) is 21.8. The van der Waals surface area contributed by atoms with Gasteiger partial charge in [0.1, 0.15) is 5.82 Å². The van der Waals surface area contributed by atoms with Gasteiger partial charge in [-0.1, -0.05) is 30.3 Å². The molecule has 3 aromatic carbocycles. The van der Waals surface area contributed by atoms with Crippen LogP contribution in [0.3, 0.4) is 0 Å². The fraction of sp³-hybridized carbons (Fsp3) is 0.167. The molecule has 0 aromatic heterocycles. The highest BCUT2D eigenvalue weighted by atomic mass is 19.1. The van der Waals surface area contributed by atoms with Gasteiger partial charge in [0, 0.05) is 30.2 Å². The number of benzene rings is 3. The molecule has 6 nitrogen and oxygen atoms in total. The molecule has 7 heteroatoms. The maximum Gasteiger partial charge on any atom is 0.326 e. The SMILES string of the molecule is Cc1cccc(NC(=O)NCCN(C(=O)Nc2ccccc2C)c2ccc(F)cc2)c1. The summed E-state index contributed by atoms with van der Waals surface area (Å²) in [6, 6.07) is 19.8. The van der Waals surface area contributed by atoms with E-state index in [9.17, 15) is 14.0 Å². The molecule has 3 N–H and O–H groups in total. The Morgan fingerprint density at radius 2 is 1.65 bits per heavy atom. The van der Waals surface area contributed by atoms with Crippen LogP contribution in [0.1, 0.15) is 11.1 Å². The molecule has 0 atom stereocenters. The zero-order chi connectivity index (χ0) is 22.2. The molecule has 3 rings (SSSR count). The monoisotopic (exact) mass is 420 g/mol. The highest BCUT2D eigenvalue weighted by Crippen LogP contribution is 2.18. The largest absolute Gasteiger partial charge is 0.336 e. The van der Waals surface area contributed by atoms with E-state index >= 15 is 0 Å². The highest BCUT2D eigenvalue weighted by molar-refractivity contribution is 6.02. The number of nitrogens with zero attached hydrogens (tertiary/aromatic N) is 1. The summed E-state index contributed by atoms with van der Waals surface area (Å²) in [6.45, 7) is 4.24. The van der Waals surface area contributed by atoms with Crippen molar-refractivity contribution in [1.82, 2.24) is 5.32 Å². The van der Waals surface area contributed by atoms with Crippen molar-refractivity contribution >= 4 is 29.1 Å². The molecule has 0 radical (unpaired) electrons. The minimum Gasteiger partial charge on any atom is -0.336 e. The van der Waals surface area contributed by atoms with Gasteiger partial charge in [0.2, 0.25) is 0 Å². The van der Waals surface area contributed by atoms with Crippen LogP contribution in [0.2, 0.25) is 0 Å². The quantitative estimate of drug-likeness (QED) is 0.506. The van der Waals surface area contributed by atoms with Gasteiger partial charge in [0.05, 0.1) is 0 Å². The zero-order valence-electron chi connectivity index (χ0n) is 17.5. The summed E-state index contributed by atoms with van der Waals surface area (Å²) in [5, 5.41) is 8.38. The Morgan fingerprint density at radius 1 is 0.903 bits per heavy atom. The molecular weight excluding hydrogens is 395 g/mol. The van der Waals surface area contributed by atoms with Gasteiger partial charge in [0.15, 0.2) is 0 Å². The van der Waals surface area contributed by atoms with Crippen LogP contribution in [0.25, 0.3) is 0 Å². The second kappa shape index (κ2) is 10.2. The first-order valence-electron chi connectivity index (χ1n) is 9.93. The average Bonchev–Trinajstić information content (AvgIpc) is 2.74. The topological polar surface area (TPSA) is 73.5 Å². The Kier molecular flexibility index (Phi) is 7.22. The van der Waals surface area contributed by atoms with Crippen molar-refractivity contribution < 1.29 is 14.0 Å². The minimum absolute atomic E-state index is 0.199. The van der Waals surface area contributed by atoms with Gasteiger partial charge >= 0.3 is 12.1 Å². The smallest absolute Gasteiger partial charge is 0.326 e. The Morgan fingerprint density at radius 3 is 2.35 bits per heavy atom. The second-order valence-electron chi connectivity index (χ2n) is 7.12. The van der Waals surface area contributed by atoms with Gasteiger partial charge in [-0.2, -0.15) is 0 Å². The molecule has 0 unspecified atom stereocenters. The van der Waals surface area contributed by atoms with Crippen molar-refractivity contribution in [3.05, 3.63) is 89.7 Å². The summed E-state index contributed by atoms with van der Waals surface area (Å²) in [6.07, 6.45) is 0. The van der Waals surface area contributed by atoms with Crippen molar-refractivity contribution in [2.75, 3.05) is 28.6 Å². The third-order valence-electron chi connectivity index (χ3n) is 4.67. The fourth-order valence-corrected chi connectivity index (χ4v) is 3.04. The molecule has 160 valence electrons. The highest BCUT2D eigenvalue weighted by Gasteiger charge is 2.17. The number of anilines is 3. The standard InChI is InChI=1S/C24H25FN4O2/c1-17-6-5-8-20(16-17)27-23(30)26-14-15-29(21-12-10-19(25)11-13-21)24(31)28-22-9-4-3-7-18(22)2/h3-13,16H,14-15H2,1-2H3,(H,28,31)(H2,26,27,30). The molecular formula is C24H25FN4O2. The molecule has 0 saturated heterocycles. The number of halogens is 1. The number of hydrogen-bond acceptors (Lipinski definition) is 2. The van der Waals surface area contributed by atoms with E-state index in [4.69, 9.17) is 0 Å². The molecule has 0 heterocycles. The molecule has 0 saturated carbocycles. The second-order valence-corrected chi connectivity index (χ2v) is 7.12. The lowest BCUT2D eigenvalue weighted by molar-refractivity contribution is 0.250. The van der Waals surface area contributed by atoms with E-state index in [1.54, 1.807) is 6.07 Å². The van der Waals surface area contributed by atoms with Crippen molar-refractivity contribution in [2.24, 2.45) is 0 Å². The van der Waals surface area contributed by atoms with Crippen molar-refractivity contribution in [1.29, 1.82) is 0 Å². The van der Waals surface area contributed by atoms with Crippen molar-refractivity contribution in [2.45, 2.75) is 13.8 Å². The number of rotatable bonds is 6. The maximum absolute atomic E-state index is 13.4. The van der Waals surface area contributed by atoms with E-state index in [0.717, 1.165) is 11.1 Å². The summed E-state index contributed by atoms with van der Waals surface area (Å²) in [5.74, 6) is -0.390. The third-order valence-corrected chi connectivity index (χ3v) is 4.67. The van der Waals surface area contributed by atoms with Gasteiger partial charge < -0.3 is 16.0 Å². The molecule has 3 aromatic rings. The number of para-hydroxylation sites is 1. The molecule has 31 heavy (non-hydrogen) atoms. The van der Waals surface area contributed by atoms with Crippen LogP contribution in [0.15, 0.2) is 72.8 Å².